The van der Waals surface area contributed by atoms with Crippen LogP contribution in [-0.2, 0) is 39.4 Å². The lowest BCUT2D eigenvalue weighted by Gasteiger charge is -2.31. The number of nitrogens with one attached hydrogen (secondary N) is 2. The van der Waals surface area contributed by atoms with Gasteiger partial charge in [0.25, 0.3) is 5.91 Å². The van der Waals surface area contributed by atoms with Crippen LogP contribution >= 0.6 is 15.9 Å². The normalized spacial score (nSPS) is 26.1. The number of carbonyl (C=O) groups is 2. The molecule has 2 aromatic carbocycles. The number of aliphatic hydroxyl groups is 1. The Morgan fingerprint density at radius 3 is 2.74 bits per heavy atom. The van der Waals surface area contributed by atoms with Crippen molar-refractivity contribution >= 4 is 47.5 Å². The van der Waals surface area contributed by atoms with Crippen LogP contribution in [-0.4, -0.2) is 66.1 Å². The smallest absolute Gasteiger partial charge is 0.264 e. The molecule has 0 radical (unpaired) electrons. The van der Waals surface area contributed by atoms with Crippen molar-refractivity contribution < 1.29 is 23.5 Å². The third kappa shape index (κ3) is 6.31. The summed E-state index contributed by atoms with van der Waals surface area (Å²) >= 11 is 3.60. The number of amides is 2. The average Bonchev–Trinajstić information content (AvgIpc) is 3.67. The monoisotopic (exact) mass is 712 g/mol. The summed E-state index contributed by atoms with van der Waals surface area (Å²) in [5.74, 6) is -0.614. The summed E-state index contributed by atoms with van der Waals surface area (Å²) in [4.78, 5) is 29.1. The largest absolute Gasteiger partial charge is 0.396 e. The molecule has 3 N–H and O–H groups in total. The number of aromatic nitrogens is 3. The van der Waals surface area contributed by atoms with E-state index in [4.69, 9.17) is 4.74 Å². The molecule has 2 fully saturated rings. The highest BCUT2D eigenvalue weighted by Gasteiger charge is 2.66. The van der Waals surface area contributed by atoms with Gasteiger partial charge in [0.2, 0.25) is 14.3 Å². The molecule has 3 aromatic rings. The third-order valence-electron chi connectivity index (χ3n) is 9.75. The first-order chi connectivity index (χ1) is 22.0. The zero-order valence-corrected chi connectivity index (χ0v) is 29.1. The Hall–Kier alpha value is -2.97. The molecule has 13 heteroatoms. The number of anilines is 2. The van der Waals surface area contributed by atoms with Crippen molar-refractivity contribution in [3.05, 3.63) is 70.0 Å². The first kappa shape index (κ1) is 32.9. The van der Waals surface area contributed by atoms with E-state index in [9.17, 15) is 14.7 Å². The molecular formula is C33H42BrFN6O4Si. The lowest BCUT2D eigenvalue weighted by atomic mass is 9.82. The summed E-state index contributed by atoms with van der Waals surface area (Å²) in [7, 11) is -3.31. The number of ether oxygens (including phenoxy) is 1. The Bertz CT molecular complexity index is 1580. The van der Waals surface area contributed by atoms with Crippen LogP contribution in [0.15, 0.2) is 53.1 Å². The molecule has 0 aliphatic carbocycles. The fourth-order valence-corrected chi connectivity index (χ4v) is 10.5. The molecule has 4 heterocycles. The Morgan fingerprint density at radius 2 is 2.04 bits per heavy atom. The van der Waals surface area contributed by atoms with Gasteiger partial charge in [0.1, 0.15) is 0 Å². The number of piperidine rings is 1. The van der Waals surface area contributed by atoms with Gasteiger partial charge in [0.15, 0.2) is 5.60 Å². The fourth-order valence-electron chi connectivity index (χ4n) is 7.58. The summed E-state index contributed by atoms with van der Waals surface area (Å²) in [5, 5.41) is 23.8. The lowest BCUT2D eigenvalue weighted by Crippen LogP contribution is -2.45. The maximum atomic E-state index is 16.2. The molecule has 246 valence electrons. The summed E-state index contributed by atoms with van der Waals surface area (Å²) in [6.07, 6.45) is 4.05. The maximum absolute atomic E-state index is 16.2. The molecule has 0 bridgehead atoms. The van der Waals surface area contributed by atoms with Gasteiger partial charge in [-0.1, -0.05) is 40.2 Å². The van der Waals surface area contributed by atoms with Gasteiger partial charge >= 0.3 is 0 Å². The van der Waals surface area contributed by atoms with Gasteiger partial charge in [-0.2, -0.15) is 0 Å². The average molecular weight is 714 g/mol. The van der Waals surface area contributed by atoms with Crippen molar-refractivity contribution in [1.82, 2.24) is 20.3 Å². The summed E-state index contributed by atoms with van der Waals surface area (Å²) in [5.41, 5.74) is 2.07. The van der Waals surface area contributed by atoms with Crippen molar-refractivity contribution in [2.24, 2.45) is 11.8 Å². The van der Waals surface area contributed by atoms with E-state index in [2.05, 4.69) is 36.9 Å². The van der Waals surface area contributed by atoms with Crippen molar-refractivity contribution in [2.75, 3.05) is 29.9 Å². The van der Waals surface area contributed by atoms with Gasteiger partial charge in [0.05, 0.1) is 29.9 Å². The minimum Gasteiger partial charge on any atom is -0.396 e. The number of benzene rings is 2. The molecule has 3 aliphatic heterocycles. The number of aryl methyl sites for hydroxylation is 1. The first-order valence-corrected chi connectivity index (χ1v) is 19.8. The second-order valence-corrected chi connectivity index (χ2v) is 18.0. The van der Waals surface area contributed by atoms with Gasteiger partial charge in [-0.25, -0.2) is 0 Å². The minimum atomic E-state index is -3.31. The van der Waals surface area contributed by atoms with Crippen LogP contribution in [0.1, 0.15) is 43.0 Å². The molecule has 2 amide bonds. The number of carbonyl (C=O) groups excluding carboxylic acids is 2. The fraction of sp³-hybridized carbons (Fsp3) is 0.515. The van der Waals surface area contributed by atoms with Crippen molar-refractivity contribution in [3.8, 4) is 0 Å². The van der Waals surface area contributed by atoms with Crippen LogP contribution in [0.5, 0.6) is 0 Å². The van der Waals surface area contributed by atoms with Crippen LogP contribution in [0.2, 0.25) is 18.6 Å². The van der Waals surface area contributed by atoms with Crippen LogP contribution in [0.4, 0.5) is 15.5 Å². The Labute approximate surface area is 278 Å². The van der Waals surface area contributed by atoms with Crippen molar-refractivity contribution in [2.45, 2.75) is 76.0 Å². The summed E-state index contributed by atoms with van der Waals surface area (Å²) in [6, 6.07) is 13.4. The molecule has 3 aliphatic rings. The molecule has 5 atom stereocenters. The molecule has 6 rings (SSSR count). The molecule has 46 heavy (non-hydrogen) atoms. The summed E-state index contributed by atoms with van der Waals surface area (Å²) in [6.45, 7) is 7.74. The second-order valence-electron chi connectivity index (χ2n) is 13.3. The highest BCUT2D eigenvalue weighted by Crippen LogP contribution is 2.60. The lowest BCUT2D eigenvalue weighted by molar-refractivity contribution is -0.146. The maximum Gasteiger partial charge on any atom is 0.264 e. The molecule has 0 saturated carbocycles. The predicted molar refractivity (Wildman–Crippen MR) is 179 cm³/mol. The number of halogens is 2. The Morgan fingerprint density at radius 1 is 1.26 bits per heavy atom. The van der Waals surface area contributed by atoms with E-state index < -0.39 is 31.6 Å². The number of hydrogen-bond donors (Lipinski definition) is 3. The zero-order chi connectivity index (χ0) is 32.6. The number of hydrogen-bond acceptors (Lipinski definition) is 7. The predicted octanol–water partition coefficient (Wildman–Crippen LogP) is 4.93. The number of rotatable bonds is 10. The number of fused-ring (bicyclic) bond motifs is 2. The molecule has 10 nitrogen and oxygen atoms in total. The van der Waals surface area contributed by atoms with Gasteiger partial charge in [-0.05, 0) is 74.8 Å². The Kier molecular flexibility index (Phi) is 9.50. The highest BCUT2D eigenvalue weighted by molar-refractivity contribution is 9.10. The van der Waals surface area contributed by atoms with E-state index in [1.165, 1.54) is 0 Å². The second kappa shape index (κ2) is 13.3. The molecular weight excluding hydrogens is 671 g/mol. The van der Waals surface area contributed by atoms with Gasteiger partial charge in [-0.15, -0.1) is 5.10 Å². The van der Waals surface area contributed by atoms with Crippen molar-refractivity contribution in [3.63, 3.8) is 0 Å². The van der Waals surface area contributed by atoms with Gasteiger partial charge in [-0.3, -0.25) is 14.3 Å². The van der Waals surface area contributed by atoms with E-state index in [0.717, 1.165) is 46.4 Å². The number of nitrogens with zero attached hydrogens (tertiary/aromatic N) is 4. The highest BCUT2D eigenvalue weighted by atomic mass is 79.9. The molecule has 1 spiro atoms. The molecule has 2 saturated heterocycles. The van der Waals surface area contributed by atoms with E-state index in [-0.39, 0.29) is 24.3 Å². The van der Waals surface area contributed by atoms with Crippen LogP contribution in [0, 0.1) is 11.8 Å². The zero-order valence-electron chi connectivity index (χ0n) is 26.5. The quantitative estimate of drug-likeness (QED) is 0.202. The van der Waals surface area contributed by atoms with Crippen molar-refractivity contribution in [1.29, 1.82) is 0 Å². The Balaban J connectivity index is 1.24. The van der Waals surface area contributed by atoms with E-state index in [0.29, 0.717) is 38.2 Å². The minimum absolute atomic E-state index is 0.0131. The van der Waals surface area contributed by atoms with E-state index in [1.807, 2.05) is 49.4 Å². The SMILES string of the molecule is C[C@H]1[C@H]([Si](C)(C)F)[C@@H](CCn2cc(CCO)nn2)O[C@]12C(=O)N(Cc1ccc(NC(=O)C3CCCNC3)cc1)c1ccc(Br)cc12. The summed E-state index contributed by atoms with van der Waals surface area (Å²) < 4.78 is 25.5. The molecule has 1 aromatic heterocycles. The molecule has 1 unspecified atom stereocenters. The standard InChI is InChI=1S/C33H42BrFN6O4Si/c1-21-30(46(2,3)35)29(12-15-40-20-26(13-16-42)38-39-40)45-33(21)27-17-24(34)8-11-28(27)41(32(33)44)19-22-6-9-25(10-7-22)37-31(43)23-5-4-14-36-18-23/h6-11,17,20-21,23,29-30,36,42H,4-5,12-16,18-19H2,1-3H3,(H,37,43)/t21-,23?,29+,30-,33+/m0/s1. The van der Waals surface area contributed by atoms with E-state index in [1.54, 1.807) is 28.9 Å². The van der Waals surface area contributed by atoms with Crippen LogP contribution in [0.25, 0.3) is 0 Å². The number of aliphatic hydroxyl groups excluding tert-OH is 1. The van der Waals surface area contributed by atoms with Crippen LogP contribution < -0.4 is 15.5 Å². The van der Waals surface area contributed by atoms with Gasteiger partial charge in [0, 0.05) is 59.5 Å². The first-order valence-electron chi connectivity index (χ1n) is 16.1. The third-order valence-corrected chi connectivity index (χ3v) is 12.7. The van der Waals surface area contributed by atoms with Gasteiger partial charge < -0.3 is 29.5 Å². The van der Waals surface area contributed by atoms with E-state index >= 15 is 4.11 Å². The van der Waals surface area contributed by atoms with Crippen LogP contribution in [0.3, 0.4) is 0 Å². The topological polar surface area (TPSA) is 122 Å².